The molecule has 2 aromatic carbocycles. The lowest BCUT2D eigenvalue weighted by molar-refractivity contribution is 0.0864. The van der Waals surface area contributed by atoms with E-state index in [-0.39, 0.29) is 16.9 Å². The van der Waals surface area contributed by atoms with E-state index in [1.807, 2.05) is 36.4 Å². The fourth-order valence-corrected chi connectivity index (χ4v) is 4.65. The molecule has 27 heavy (non-hydrogen) atoms. The van der Waals surface area contributed by atoms with Crippen LogP contribution in [0.1, 0.15) is 57.3 Å². The Morgan fingerprint density at radius 3 is 2.30 bits per heavy atom. The molecule has 1 fully saturated rings. The summed E-state index contributed by atoms with van der Waals surface area (Å²) in [7, 11) is 0. The smallest absolute Gasteiger partial charge is 0.163 e. The maximum atomic E-state index is 12.8. The SMILES string of the molecule is CC1(C)CC(CC(=O)c2ccc(Oc3ccccc3)c(Cl)c2)CC(C)(C)N1. The van der Waals surface area contributed by atoms with Gasteiger partial charge in [0.25, 0.3) is 0 Å². The van der Waals surface area contributed by atoms with Gasteiger partial charge in [0.05, 0.1) is 5.02 Å². The van der Waals surface area contributed by atoms with E-state index in [0.29, 0.717) is 28.7 Å². The number of ether oxygens (including phenoxy) is 1. The quantitative estimate of drug-likeness (QED) is 0.617. The van der Waals surface area contributed by atoms with Crippen molar-refractivity contribution in [1.82, 2.24) is 5.32 Å². The summed E-state index contributed by atoms with van der Waals surface area (Å²) in [5.74, 6) is 1.78. The van der Waals surface area contributed by atoms with E-state index in [1.54, 1.807) is 12.1 Å². The van der Waals surface area contributed by atoms with Crippen molar-refractivity contribution in [2.75, 3.05) is 0 Å². The Morgan fingerprint density at radius 2 is 1.70 bits per heavy atom. The Morgan fingerprint density at radius 1 is 1.07 bits per heavy atom. The predicted molar refractivity (Wildman–Crippen MR) is 111 cm³/mol. The molecule has 144 valence electrons. The summed E-state index contributed by atoms with van der Waals surface area (Å²) >= 11 is 6.37. The van der Waals surface area contributed by atoms with Gasteiger partial charge in [0, 0.05) is 23.1 Å². The first kappa shape index (κ1) is 19.9. The molecule has 0 amide bonds. The van der Waals surface area contributed by atoms with E-state index in [9.17, 15) is 4.79 Å². The summed E-state index contributed by atoms with van der Waals surface area (Å²) in [6.07, 6.45) is 2.53. The maximum absolute atomic E-state index is 12.8. The van der Waals surface area contributed by atoms with Crippen LogP contribution in [0.2, 0.25) is 5.02 Å². The van der Waals surface area contributed by atoms with E-state index in [1.165, 1.54) is 0 Å². The van der Waals surface area contributed by atoms with E-state index in [0.717, 1.165) is 18.6 Å². The minimum absolute atomic E-state index is 0.0394. The number of halogens is 1. The molecule has 0 radical (unpaired) electrons. The Hall–Kier alpha value is -1.84. The first-order valence-corrected chi connectivity index (χ1v) is 9.86. The lowest BCUT2D eigenvalue weighted by Gasteiger charge is -2.46. The summed E-state index contributed by atoms with van der Waals surface area (Å²) in [5, 5.41) is 4.12. The Bertz CT molecular complexity index is 798. The zero-order chi connectivity index (χ0) is 19.7. The number of benzene rings is 2. The molecule has 2 aromatic rings. The van der Waals surface area contributed by atoms with Crippen LogP contribution in [0.3, 0.4) is 0 Å². The van der Waals surface area contributed by atoms with Crippen LogP contribution in [0.4, 0.5) is 0 Å². The highest BCUT2D eigenvalue weighted by Crippen LogP contribution is 2.36. The molecule has 1 heterocycles. The molecule has 0 aromatic heterocycles. The number of piperidine rings is 1. The van der Waals surface area contributed by atoms with E-state index >= 15 is 0 Å². The topological polar surface area (TPSA) is 38.3 Å². The third kappa shape index (κ3) is 5.33. The predicted octanol–water partition coefficient (Wildman–Crippen LogP) is 6.26. The molecule has 0 spiro atoms. The monoisotopic (exact) mass is 385 g/mol. The molecule has 0 bridgehead atoms. The second-order valence-electron chi connectivity index (χ2n) is 8.85. The van der Waals surface area contributed by atoms with Gasteiger partial charge in [-0.25, -0.2) is 0 Å². The highest BCUT2D eigenvalue weighted by atomic mass is 35.5. The fourth-order valence-electron chi connectivity index (χ4n) is 4.43. The van der Waals surface area contributed by atoms with Gasteiger partial charge in [-0.2, -0.15) is 0 Å². The molecular formula is C23H28ClNO2. The molecule has 3 nitrogen and oxygen atoms in total. The standard InChI is InChI=1S/C23H28ClNO2/c1-22(2)14-16(15-23(3,4)25-22)12-20(26)17-10-11-21(19(24)13-17)27-18-8-6-5-7-9-18/h5-11,13,16,25H,12,14-15H2,1-4H3. The van der Waals surface area contributed by atoms with Crippen LogP contribution in [0.25, 0.3) is 0 Å². The maximum Gasteiger partial charge on any atom is 0.163 e. The average molecular weight is 386 g/mol. The number of hydrogen-bond acceptors (Lipinski definition) is 3. The molecule has 0 atom stereocenters. The summed E-state index contributed by atoms with van der Waals surface area (Å²) in [5.41, 5.74) is 0.727. The van der Waals surface area contributed by atoms with Gasteiger partial charge in [-0.3, -0.25) is 4.79 Å². The summed E-state index contributed by atoms with van der Waals surface area (Å²) in [6.45, 7) is 8.83. The number of hydrogen-bond donors (Lipinski definition) is 1. The van der Waals surface area contributed by atoms with Crippen molar-refractivity contribution in [2.45, 2.75) is 58.0 Å². The van der Waals surface area contributed by atoms with Gasteiger partial charge >= 0.3 is 0 Å². The molecule has 1 aliphatic rings. The van der Waals surface area contributed by atoms with Gasteiger partial charge in [-0.1, -0.05) is 29.8 Å². The van der Waals surface area contributed by atoms with Crippen molar-refractivity contribution in [1.29, 1.82) is 0 Å². The molecule has 0 aliphatic carbocycles. The Kier molecular flexibility index (Phi) is 5.64. The van der Waals surface area contributed by atoms with Crippen LogP contribution >= 0.6 is 11.6 Å². The normalized spacial score (nSPS) is 18.9. The number of ketones is 1. The number of para-hydroxylation sites is 1. The largest absolute Gasteiger partial charge is 0.456 e. The second kappa shape index (κ2) is 7.65. The van der Waals surface area contributed by atoms with Crippen molar-refractivity contribution in [3.63, 3.8) is 0 Å². The molecule has 0 unspecified atom stereocenters. The van der Waals surface area contributed by atoms with Crippen molar-refractivity contribution >= 4 is 17.4 Å². The van der Waals surface area contributed by atoms with Crippen LogP contribution in [0, 0.1) is 5.92 Å². The fraction of sp³-hybridized carbons (Fsp3) is 0.435. The van der Waals surface area contributed by atoms with Crippen LogP contribution < -0.4 is 10.1 Å². The first-order valence-electron chi connectivity index (χ1n) is 9.49. The van der Waals surface area contributed by atoms with Crippen molar-refractivity contribution < 1.29 is 9.53 Å². The number of carbonyl (C=O) groups is 1. The average Bonchev–Trinajstić information content (AvgIpc) is 2.54. The highest BCUT2D eigenvalue weighted by molar-refractivity contribution is 6.32. The lowest BCUT2D eigenvalue weighted by Crippen LogP contribution is -2.57. The number of carbonyl (C=O) groups excluding carboxylic acids is 1. The minimum Gasteiger partial charge on any atom is -0.456 e. The molecule has 1 N–H and O–H groups in total. The van der Waals surface area contributed by atoms with E-state index in [4.69, 9.17) is 16.3 Å². The Balaban J connectivity index is 1.69. The molecule has 4 heteroatoms. The lowest BCUT2D eigenvalue weighted by atomic mass is 9.74. The molecule has 1 saturated heterocycles. The number of Topliss-reactive ketones (excluding diaryl/α,β-unsaturated/α-hetero) is 1. The van der Waals surface area contributed by atoms with Crippen LogP contribution in [0.15, 0.2) is 48.5 Å². The van der Waals surface area contributed by atoms with Crippen molar-refractivity contribution in [3.05, 3.63) is 59.1 Å². The first-order chi connectivity index (χ1) is 12.6. The van der Waals surface area contributed by atoms with Gasteiger partial charge < -0.3 is 10.1 Å². The highest BCUT2D eigenvalue weighted by Gasteiger charge is 2.38. The van der Waals surface area contributed by atoms with Gasteiger partial charge in [-0.05, 0) is 76.8 Å². The summed E-state index contributed by atoms with van der Waals surface area (Å²) in [4.78, 5) is 12.8. The number of rotatable bonds is 5. The zero-order valence-electron chi connectivity index (χ0n) is 16.5. The van der Waals surface area contributed by atoms with Gasteiger partial charge in [0.2, 0.25) is 0 Å². The van der Waals surface area contributed by atoms with Gasteiger partial charge in [0.15, 0.2) is 5.78 Å². The second-order valence-corrected chi connectivity index (χ2v) is 9.26. The molecule has 1 aliphatic heterocycles. The van der Waals surface area contributed by atoms with Crippen molar-refractivity contribution in [3.8, 4) is 11.5 Å². The minimum atomic E-state index is 0.0394. The molecular weight excluding hydrogens is 358 g/mol. The van der Waals surface area contributed by atoms with Gasteiger partial charge in [0.1, 0.15) is 11.5 Å². The zero-order valence-corrected chi connectivity index (χ0v) is 17.3. The molecule has 0 saturated carbocycles. The Labute approximate surface area is 167 Å². The summed E-state index contributed by atoms with van der Waals surface area (Å²) in [6, 6.07) is 14.8. The third-order valence-electron chi connectivity index (χ3n) is 4.97. The van der Waals surface area contributed by atoms with E-state index < -0.39 is 0 Å². The van der Waals surface area contributed by atoms with Crippen LogP contribution in [-0.4, -0.2) is 16.9 Å². The van der Waals surface area contributed by atoms with E-state index in [2.05, 4.69) is 33.0 Å². The van der Waals surface area contributed by atoms with Gasteiger partial charge in [-0.15, -0.1) is 0 Å². The van der Waals surface area contributed by atoms with Crippen molar-refractivity contribution in [2.24, 2.45) is 5.92 Å². The van der Waals surface area contributed by atoms with Crippen LogP contribution in [-0.2, 0) is 0 Å². The summed E-state index contributed by atoms with van der Waals surface area (Å²) < 4.78 is 5.80. The van der Waals surface area contributed by atoms with Crippen LogP contribution in [0.5, 0.6) is 11.5 Å². The third-order valence-corrected chi connectivity index (χ3v) is 5.27. The number of nitrogens with one attached hydrogen (secondary N) is 1. The molecule has 3 rings (SSSR count).